The Bertz CT molecular complexity index is 1500. The summed E-state index contributed by atoms with van der Waals surface area (Å²) >= 11 is 0. The Kier molecular flexibility index (Phi) is 8.72. The number of sulfonamides is 1. The Morgan fingerprint density at radius 2 is 1.92 bits per heavy atom. The van der Waals surface area contributed by atoms with Crippen molar-refractivity contribution < 1.29 is 17.9 Å². The highest BCUT2D eigenvalue weighted by Crippen LogP contribution is 2.31. The number of rotatable bonds is 11. The maximum absolute atomic E-state index is 13.6. The molecule has 0 fully saturated rings. The topological polar surface area (TPSA) is 140 Å². The molecule has 202 valence electrons. The summed E-state index contributed by atoms with van der Waals surface area (Å²) in [5.74, 6) is -0.823. The molecule has 0 radical (unpaired) electrons. The number of aromatic amines is 1. The first-order chi connectivity index (χ1) is 17.4. The number of ether oxygens (including phenoxy) is 1. The van der Waals surface area contributed by atoms with Crippen molar-refractivity contribution >= 4 is 26.8 Å². The van der Waals surface area contributed by atoms with Crippen LogP contribution in [0.1, 0.15) is 38.2 Å². The molecule has 0 aliphatic carbocycles. The molecule has 2 heterocycles. The summed E-state index contributed by atoms with van der Waals surface area (Å²) in [6.45, 7) is 5.62. The lowest BCUT2D eigenvalue weighted by Gasteiger charge is -2.22. The first kappa shape index (κ1) is 28.3. The number of carbonyl (C=O) groups is 1. The minimum absolute atomic E-state index is 0.0522. The van der Waals surface area contributed by atoms with E-state index in [-0.39, 0.29) is 27.7 Å². The SMILES string of the molecule is COCCN(C)CCCC(=O)N(n1c(=O)[nH]c2cc(C(C)C)c(-c3ccnn3C)cc2c1=O)S(C)(=O)=O. The molecule has 0 aliphatic heterocycles. The number of hydrogen-bond donors (Lipinski definition) is 1. The lowest BCUT2D eigenvalue weighted by molar-refractivity contribution is -0.118. The molecule has 0 unspecified atom stereocenters. The molecule has 3 aromatic rings. The van der Waals surface area contributed by atoms with E-state index in [9.17, 15) is 22.8 Å². The average Bonchev–Trinajstić information content (AvgIpc) is 3.24. The third-order valence-electron chi connectivity index (χ3n) is 6.08. The molecule has 0 bridgehead atoms. The van der Waals surface area contributed by atoms with E-state index in [0.29, 0.717) is 30.8 Å². The van der Waals surface area contributed by atoms with Gasteiger partial charge in [0.15, 0.2) is 0 Å². The zero-order valence-corrected chi connectivity index (χ0v) is 22.8. The second-order valence-corrected chi connectivity index (χ2v) is 11.1. The van der Waals surface area contributed by atoms with Crippen LogP contribution in [0, 0.1) is 0 Å². The van der Waals surface area contributed by atoms with Crippen molar-refractivity contribution in [1.29, 1.82) is 0 Å². The maximum Gasteiger partial charge on any atom is 0.349 e. The van der Waals surface area contributed by atoms with Gasteiger partial charge in [-0.25, -0.2) is 13.2 Å². The number of methoxy groups -OCH3 is 1. The Morgan fingerprint density at radius 3 is 2.49 bits per heavy atom. The van der Waals surface area contributed by atoms with Gasteiger partial charge in [-0.2, -0.15) is 5.10 Å². The Labute approximate surface area is 215 Å². The summed E-state index contributed by atoms with van der Waals surface area (Å²) in [7, 11) is 0.907. The maximum atomic E-state index is 13.6. The van der Waals surface area contributed by atoms with E-state index in [1.807, 2.05) is 25.8 Å². The van der Waals surface area contributed by atoms with E-state index in [0.717, 1.165) is 23.1 Å². The second-order valence-electron chi connectivity index (χ2n) is 9.33. The number of amides is 1. The molecule has 1 amide bonds. The van der Waals surface area contributed by atoms with Crippen LogP contribution in [0.3, 0.4) is 0 Å². The van der Waals surface area contributed by atoms with Gasteiger partial charge >= 0.3 is 5.69 Å². The molecule has 12 nitrogen and oxygen atoms in total. The molecule has 0 atom stereocenters. The fraction of sp³-hybridized carbons (Fsp3) is 0.500. The minimum Gasteiger partial charge on any atom is -0.383 e. The summed E-state index contributed by atoms with van der Waals surface area (Å²) in [5, 5.41) is 4.27. The number of carbonyl (C=O) groups excluding carboxylic acids is 1. The molecule has 1 N–H and O–H groups in total. The standard InChI is InChI=1S/C24H34N6O6S/c1-16(2)17-15-20-19(14-18(17)21-9-10-25-28(21)4)23(32)29(24(33)26-20)30(37(6,34)35)22(31)8-7-11-27(3)12-13-36-5/h9-10,14-16H,7-8,11-13H2,1-6H3,(H,26,33). The fourth-order valence-electron chi connectivity index (χ4n) is 4.17. The Morgan fingerprint density at radius 1 is 1.22 bits per heavy atom. The molecule has 0 spiro atoms. The van der Waals surface area contributed by atoms with Crippen LogP contribution >= 0.6 is 0 Å². The zero-order chi connectivity index (χ0) is 27.5. The quantitative estimate of drug-likeness (QED) is 0.384. The first-order valence-electron chi connectivity index (χ1n) is 11.9. The van der Waals surface area contributed by atoms with Crippen molar-refractivity contribution in [2.45, 2.75) is 32.6 Å². The van der Waals surface area contributed by atoms with Gasteiger partial charge in [0.25, 0.3) is 21.5 Å². The molecular formula is C24H34N6O6S. The molecule has 0 saturated carbocycles. The summed E-state index contributed by atoms with van der Waals surface area (Å²) in [6, 6.07) is 5.11. The van der Waals surface area contributed by atoms with Crippen LogP contribution in [0.2, 0.25) is 0 Å². The molecule has 37 heavy (non-hydrogen) atoms. The van der Waals surface area contributed by atoms with Crippen LogP contribution in [0.5, 0.6) is 0 Å². The third kappa shape index (κ3) is 6.17. The van der Waals surface area contributed by atoms with E-state index in [4.69, 9.17) is 4.74 Å². The van der Waals surface area contributed by atoms with Gasteiger partial charge in [-0.15, -0.1) is 9.09 Å². The highest BCUT2D eigenvalue weighted by Gasteiger charge is 2.29. The first-order valence-corrected chi connectivity index (χ1v) is 13.7. The van der Waals surface area contributed by atoms with Crippen molar-refractivity contribution in [3.05, 3.63) is 50.8 Å². The number of hydrogen-bond acceptors (Lipinski definition) is 8. The van der Waals surface area contributed by atoms with E-state index in [2.05, 4.69) is 10.1 Å². The van der Waals surface area contributed by atoms with Crippen molar-refractivity contribution in [3.8, 4) is 11.3 Å². The smallest absolute Gasteiger partial charge is 0.349 e. The number of nitrogens with zero attached hydrogens (tertiary/aromatic N) is 5. The summed E-state index contributed by atoms with van der Waals surface area (Å²) < 4.78 is 32.6. The lowest BCUT2D eigenvalue weighted by Crippen LogP contribution is -2.55. The van der Waals surface area contributed by atoms with Gasteiger partial charge < -0.3 is 14.6 Å². The van der Waals surface area contributed by atoms with E-state index in [1.54, 1.807) is 43.2 Å². The normalized spacial score (nSPS) is 12.1. The number of aryl methyl sites for hydroxylation is 1. The Hall–Kier alpha value is -3.29. The molecular weight excluding hydrogens is 500 g/mol. The van der Waals surface area contributed by atoms with Gasteiger partial charge in [-0.3, -0.25) is 14.3 Å². The average molecular weight is 535 g/mol. The third-order valence-corrected chi connectivity index (χ3v) is 7.08. The molecule has 1 aromatic carbocycles. The van der Waals surface area contributed by atoms with Crippen molar-refractivity contribution in [2.75, 3.05) is 44.5 Å². The van der Waals surface area contributed by atoms with E-state index >= 15 is 0 Å². The Balaban J connectivity index is 2.11. The monoisotopic (exact) mass is 534 g/mol. The van der Waals surface area contributed by atoms with Gasteiger partial charge in [0.05, 0.1) is 29.5 Å². The number of fused-ring (bicyclic) bond motifs is 1. The van der Waals surface area contributed by atoms with E-state index < -0.39 is 27.2 Å². The van der Waals surface area contributed by atoms with Crippen molar-refractivity contribution in [1.82, 2.24) is 24.3 Å². The number of aromatic nitrogens is 4. The summed E-state index contributed by atoms with van der Waals surface area (Å²) in [5.41, 5.74) is 0.662. The van der Waals surface area contributed by atoms with E-state index in [1.165, 1.54) is 0 Å². The van der Waals surface area contributed by atoms with Crippen molar-refractivity contribution in [2.24, 2.45) is 7.05 Å². The molecule has 13 heteroatoms. The van der Waals surface area contributed by atoms with Gasteiger partial charge in [-0.05, 0) is 49.7 Å². The van der Waals surface area contributed by atoms with Crippen LogP contribution in [-0.4, -0.2) is 78.8 Å². The van der Waals surface area contributed by atoms with Gasteiger partial charge in [0, 0.05) is 38.9 Å². The number of likely N-dealkylation sites (N-methyl/N-ethyl adjacent to an activating group) is 1. The largest absolute Gasteiger partial charge is 0.383 e. The molecule has 2 aromatic heterocycles. The second kappa shape index (κ2) is 11.4. The van der Waals surface area contributed by atoms with Crippen LogP contribution in [0.4, 0.5) is 0 Å². The minimum atomic E-state index is -4.30. The van der Waals surface area contributed by atoms with Crippen LogP contribution in [0.15, 0.2) is 34.0 Å². The summed E-state index contributed by atoms with van der Waals surface area (Å²) in [6.07, 6.45) is 2.56. The molecule has 3 rings (SSSR count). The van der Waals surface area contributed by atoms with Gasteiger partial charge in [-0.1, -0.05) is 13.8 Å². The summed E-state index contributed by atoms with van der Waals surface area (Å²) in [4.78, 5) is 44.2. The van der Waals surface area contributed by atoms with Crippen LogP contribution in [-0.2, 0) is 26.6 Å². The van der Waals surface area contributed by atoms with Crippen molar-refractivity contribution in [3.63, 3.8) is 0 Å². The highest BCUT2D eigenvalue weighted by atomic mass is 32.2. The zero-order valence-electron chi connectivity index (χ0n) is 22.0. The number of H-pyrrole nitrogens is 1. The number of benzene rings is 1. The molecule has 0 aliphatic rings. The predicted octanol–water partition coefficient (Wildman–Crippen LogP) is 0.996. The predicted molar refractivity (Wildman–Crippen MR) is 142 cm³/mol. The number of nitrogens with one attached hydrogen (secondary N) is 1. The van der Waals surface area contributed by atoms with Crippen LogP contribution in [0.25, 0.3) is 22.2 Å². The van der Waals surface area contributed by atoms with Gasteiger partial charge in [0.1, 0.15) is 0 Å². The fourth-order valence-corrected chi connectivity index (χ4v) is 5.08. The molecule has 0 saturated heterocycles. The van der Waals surface area contributed by atoms with Gasteiger partial charge in [0.2, 0.25) is 0 Å². The lowest BCUT2D eigenvalue weighted by atomic mass is 9.93. The highest BCUT2D eigenvalue weighted by molar-refractivity contribution is 7.92. The van der Waals surface area contributed by atoms with Crippen LogP contribution < -0.4 is 15.7 Å².